The maximum Gasteiger partial charge on any atom is 0.220 e. The van der Waals surface area contributed by atoms with E-state index in [1.54, 1.807) is 0 Å². The lowest BCUT2D eigenvalue weighted by atomic mass is 10.2. The van der Waals surface area contributed by atoms with Crippen LogP contribution < -0.4 is 16.4 Å². The maximum absolute atomic E-state index is 11.5. The summed E-state index contributed by atoms with van der Waals surface area (Å²) < 4.78 is 0. The predicted octanol–water partition coefficient (Wildman–Crippen LogP) is 2.29. The molecule has 0 aliphatic heterocycles. The Morgan fingerprint density at radius 1 is 1.29 bits per heavy atom. The van der Waals surface area contributed by atoms with E-state index in [9.17, 15) is 4.79 Å². The topological polar surface area (TPSA) is 80.0 Å². The lowest BCUT2D eigenvalue weighted by molar-refractivity contribution is -0.121. The molecule has 0 radical (unpaired) electrons. The number of nitrogens with zero attached hydrogens (tertiary/aromatic N) is 1. The van der Waals surface area contributed by atoms with Gasteiger partial charge in [-0.2, -0.15) is 0 Å². The Kier molecular flexibility index (Phi) is 3.90. The summed E-state index contributed by atoms with van der Waals surface area (Å²) in [5.41, 5.74) is 7.41. The summed E-state index contributed by atoms with van der Waals surface area (Å²) in [6.45, 7) is 0.742. The average Bonchev–Trinajstić information content (AvgIpc) is 3.27. The van der Waals surface area contributed by atoms with Gasteiger partial charge < -0.3 is 16.4 Å². The molecule has 1 aromatic carbocycles. The SMILES string of the molecule is Nc1ccc2nc(NCCCC(=O)NC3CC3)ccc2c1. The number of anilines is 2. The van der Waals surface area contributed by atoms with Gasteiger partial charge in [-0.25, -0.2) is 4.98 Å². The molecule has 21 heavy (non-hydrogen) atoms. The monoisotopic (exact) mass is 284 g/mol. The minimum atomic E-state index is 0.154. The van der Waals surface area contributed by atoms with Gasteiger partial charge in [-0.05, 0) is 49.6 Å². The molecular formula is C16H20N4O. The molecule has 2 aromatic rings. The van der Waals surface area contributed by atoms with Gasteiger partial charge in [0.1, 0.15) is 5.82 Å². The fourth-order valence-corrected chi connectivity index (χ4v) is 2.24. The largest absolute Gasteiger partial charge is 0.399 e. The van der Waals surface area contributed by atoms with Crippen molar-refractivity contribution in [1.82, 2.24) is 10.3 Å². The number of nitrogens with one attached hydrogen (secondary N) is 2. The lowest BCUT2D eigenvalue weighted by Crippen LogP contribution is -2.25. The van der Waals surface area contributed by atoms with Crippen LogP contribution in [0.1, 0.15) is 25.7 Å². The molecule has 1 fully saturated rings. The summed E-state index contributed by atoms with van der Waals surface area (Å²) in [4.78, 5) is 16.1. The van der Waals surface area contributed by atoms with Gasteiger partial charge in [0, 0.05) is 30.1 Å². The average molecular weight is 284 g/mol. The minimum absolute atomic E-state index is 0.154. The number of amides is 1. The Labute approximate surface area is 123 Å². The van der Waals surface area contributed by atoms with Crippen molar-refractivity contribution >= 4 is 28.3 Å². The van der Waals surface area contributed by atoms with Crippen molar-refractivity contribution < 1.29 is 4.79 Å². The number of nitrogen functional groups attached to an aromatic ring is 1. The highest BCUT2D eigenvalue weighted by atomic mass is 16.1. The van der Waals surface area contributed by atoms with Crippen molar-refractivity contribution in [2.24, 2.45) is 0 Å². The van der Waals surface area contributed by atoms with Crippen molar-refractivity contribution in [3.63, 3.8) is 0 Å². The molecular weight excluding hydrogens is 264 g/mol. The first kappa shape index (κ1) is 13.7. The zero-order valence-corrected chi connectivity index (χ0v) is 11.9. The molecule has 0 unspecified atom stereocenters. The third-order valence-electron chi connectivity index (χ3n) is 3.54. The van der Waals surface area contributed by atoms with E-state index in [2.05, 4.69) is 15.6 Å². The van der Waals surface area contributed by atoms with Crippen molar-refractivity contribution in [2.45, 2.75) is 31.7 Å². The van der Waals surface area contributed by atoms with Crippen LogP contribution in [0.15, 0.2) is 30.3 Å². The van der Waals surface area contributed by atoms with E-state index in [4.69, 9.17) is 5.73 Å². The number of pyridine rings is 1. The number of aromatic nitrogens is 1. The first-order valence-electron chi connectivity index (χ1n) is 7.40. The summed E-state index contributed by atoms with van der Waals surface area (Å²) in [6.07, 6.45) is 3.64. The molecule has 3 rings (SSSR count). The predicted molar refractivity (Wildman–Crippen MR) is 85.0 cm³/mol. The number of carbonyl (C=O) groups is 1. The molecule has 0 spiro atoms. The van der Waals surface area contributed by atoms with Gasteiger partial charge in [0.25, 0.3) is 0 Å². The summed E-state index contributed by atoms with van der Waals surface area (Å²) >= 11 is 0. The van der Waals surface area contributed by atoms with Gasteiger partial charge in [-0.3, -0.25) is 4.79 Å². The van der Waals surface area contributed by atoms with Crippen LogP contribution in [-0.2, 0) is 4.79 Å². The van der Waals surface area contributed by atoms with E-state index < -0.39 is 0 Å². The molecule has 1 amide bonds. The quantitative estimate of drug-likeness (QED) is 0.561. The molecule has 5 nitrogen and oxygen atoms in total. The van der Waals surface area contributed by atoms with E-state index >= 15 is 0 Å². The van der Waals surface area contributed by atoms with Crippen LogP contribution in [0.4, 0.5) is 11.5 Å². The van der Waals surface area contributed by atoms with Crippen LogP contribution in [-0.4, -0.2) is 23.5 Å². The molecule has 1 aliphatic rings. The zero-order chi connectivity index (χ0) is 14.7. The van der Waals surface area contributed by atoms with Gasteiger partial charge in [0.15, 0.2) is 0 Å². The molecule has 4 N–H and O–H groups in total. The Balaban J connectivity index is 1.48. The summed E-state index contributed by atoms with van der Waals surface area (Å²) in [6, 6.07) is 10.1. The van der Waals surface area contributed by atoms with Gasteiger partial charge in [0.2, 0.25) is 5.91 Å². The van der Waals surface area contributed by atoms with E-state index in [0.29, 0.717) is 12.5 Å². The van der Waals surface area contributed by atoms with Crippen LogP contribution >= 0.6 is 0 Å². The summed E-state index contributed by atoms with van der Waals surface area (Å²) in [5, 5.41) is 7.27. The van der Waals surface area contributed by atoms with Crippen LogP contribution in [0, 0.1) is 0 Å². The number of carbonyl (C=O) groups excluding carboxylic acids is 1. The lowest BCUT2D eigenvalue weighted by Gasteiger charge is -2.07. The molecule has 0 saturated heterocycles. The smallest absolute Gasteiger partial charge is 0.220 e. The van der Waals surface area contributed by atoms with E-state index in [-0.39, 0.29) is 5.91 Å². The molecule has 0 atom stereocenters. The van der Waals surface area contributed by atoms with Crippen molar-refractivity contribution in [2.75, 3.05) is 17.6 Å². The minimum Gasteiger partial charge on any atom is -0.399 e. The van der Waals surface area contributed by atoms with Gasteiger partial charge in [0.05, 0.1) is 5.52 Å². The van der Waals surface area contributed by atoms with Crippen molar-refractivity contribution in [1.29, 1.82) is 0 Å². The number of rotatable bonds is 6. The number of benzene rings is 1. The van der Waals surface area contributed by atoms with Crippen LogP contribution in [0.3, 0.4) is 0 Å². The van der Waals surface area contributed by atoms with E-state index in [1.807, 2.05) is 30.3 Å². The Morgan fingerprint density at radius 2 is 2.14 bits per heavy atom. The Bertz CT molecular complexity index is 652. The van der Waals surface area contributed by atoms with E-state index in [1.165, 1.54) is 0 Å². The van der Waals surface area contributed by atoms with Crippen LogP contribution in [0.2, 0.25) is 0 Å². The second kappa shape index (κ2) is 5.99. The first-order chi connectivity index (χ1) is 10.2. The van der Waals surface area contributed by atoms with Crippen LogP contribution in [0.25, 0.3) is 10.9 Å². The van der Waals surface area contributed by atoms with E-state index in [0.717, 1.165) is 48.2 Å². The molecule has 5 heteroatoms. The highest BCUT2D eigenvalue weighted by Gasteiger charge is 2.22. The van der Waals surface area contributed by atoms with Gasteiger partial charge in [-0.1, -0.05) is 0 Å². The Hall–Kier alpha value is -2.30. The normalized spacial score (nSPS) is 14.1. The molecule has 1 aliphatic carbocycles. The zero-order valence-electron chi connectivity index (χ0n) is 11.9. The first-order valence-corrected chi connectivity index (χ1v) is 7.40. The third kappa shape index (κ3) is 3.84. The standard InChI is InChI=1S/C16H20N4O/c17-12-4-7-14-11(10-12)3-8-15(20-14)18-9-1-2-16(21)19-13-5-6-13/h3-4,7-8,10,13H,1-2,5-6,9,17H2,(H,18,20)(H,19,21). The second-order valence-corrected chi connectivity index (χ2v) is 5.52. The third-order valence-corrected chi connectivity index (χ3v) is 3.54. The number of nitrogens with two attached hydrogens (primary N) is 1. The van der Waals surface area contributed by atoms with Crippen molar-refractivity contribution in [3.05, 3.63) is 30.3 Å². The maximum atomic E-state index is 11.5. The number of fused-ring (bicyclic) bond motifs is 1. The Morgan fingerprint density at radius 3 is 2.95 bits per heavy atom. The van der Waals surface area contributed by atoms with Crippen LogP contribution in [0.5, 0.6) is 0 Å². The molecule has 1 aromatic heterocycles. The summed E-state index contributed by atoms with van der Waals surface area (Å²) in [7, 11) is 0. The summed E-state index contributed by atoms with van der Waals surface area (Å²) in [5.74, 6) is 0.983. The fraction of sp³-hybridized carbons (Fsp3) is 0.375. The molecule has 1 heterocycles. The highest BCUT2D eigenvalue weighted by molar-refractivity contribution is 5.83. The molecule has 110 valence electrons. The molecule has 0 bridgehead atoms. The number of hydrogen-bond acceptors (Lipinski definition) is 4. The number of hydrogen-bond donors (Lipinski definition) is 3. The fourth-order valence-electron chi connectivity index (χ4n) is 2.24. The molecule has 1 saturated carbocycles. The van der Waals surface area contributed by atoms with Crippen molar-refractivity contribution in [3.8, 4) is 0 Å². The highest BCUT2D eigenvalue weighted by Crippen LogP contribution is 2.19. The second-order valence-electron chi connectivity index (χ2n) is 5.52. The van der Waals surface area contributed by atoms with Gasteiger partial charge >= 0.3 is 0 Å². The van der Waals surface area contributed by atoms with Gasteiger partial charge in [-0.15, -0.1) is 0 Å².